The van der Waals surface area contributed by atoms with Gasteiger partial charge < -0.3 is 0 Å². The van der Waals surface area contributed by atoms with Crippen molar-refractivity contribution in [2.24, 2.45) is 7.05 Å². The van der Waals surface area contributed by atoms with Gasteiger partial charge in [0.25, 0.3) is 0 Å². The van der Waals surface area contributed by atoms with Gasteiger partial charge in [-0.05, 0) is 35.3 Å². The Morgan fingerprint density at radius 1 is 1.18 bits per heavy atom. The van der Waals surface area contributed by atoms with Crippen LogP contribution in [-0.2, 0) is 7.05 Å². The summed E-state index contributed by atoms with van der Waals surface area (Å²) in [6, 6.07) is 14.7. The van der Waals surface area contributed by atoms with E-state index in [0.29, 0.717) is 5.92 Å². The lowest BCUT2D eigenvalue weighted by molar-refractivity contribution is 0.758. The maximum Gasteiger partial charge on any atom is 0.0822 e. The van der Waals surface area contributed by atoms with Crippen LogP contribution in [-0.4, -0.2) is 9.78 Å². The van der Waals surface area contributed by atoms with E-state index in [1.807, 2.05) is 23.9 Å². The Hall–Kier alpha value is -2.19. The van der Waals surface area contributed by atoms with Gasteiger partial charge in [-0.2, -0.15) is 0 Å². The highest BCUT2D eigenvalue weighted by molar-refractivity contribution is 6.32. The Labute approximate surface area is 134 Å². The van der Waals surface area contributed by atoms with Crippen LogP contribution in [0.5, 0.6) is 0 Å². The molecule has 1 aliphatic rings. The maximum atomic E-state index is 6.46. The number of hydrogen-bond donors (Lipinski definition) is 1. The van der Waals surface area contributed by atoms with Crippen molar-refractivity contribution >= 4 is 28.2 Å². The Bertz CT molecular complexity index is 881. The molecule has 1 aromatic heterocycles. The average molecular weight is 309 g/mol. The number of nitrogens with zero attached hydrogens (tertiary/aromatic N) is 1. The number of fused-ring (bicyclic) bond motifs is 1. The molecule has 3 heteroatoms. The first-order chi connectivity index (χ1) is 10.7. The molecule has 0 bridgehead atoms. The summed E-state index contributed by atoms with van der Waals surface area (Å²) < 4.78 is 2.02. The van der Waals surface area contributed by atoms with E-state index < -0.39 is 0 Å². The molecule has 0 fully saturated rings. The summed E-state index contributed by atoms with van der Waals surface area (Å²) in [5.74, 6) is 0.347. The van der Waals surface area contributed by atoms with Gasteiger partial charge in [0.2, 0.25) is 0 Å². The quantitative estimate of drug-likeness (QED) is 0.664. The summed E-state index contributed by atoms with van der Waals surface area (Å²) in [6.45, 7) is 0. The molecule has 1 heterocycles. The number of aromatic amines is 1. The van der Waals surface area contributed by atoms with Crippen LogP contribution in [0, 0.1) is 0 Å². The summed E-state index contributed by atoms with van der Waals surface area (Å²) in [5, 5.41) is 4.04. The largest absolute Gasteiger partial charge is 0.296 e. The van der Waals surface area contributed by atoms with Crippen LogP contribution >= 0.6 is 11.6 Å². The first-order valence-electron chi connectivity index (χ1n) is 7.50. The summed E-state index contributed by atoms with van der Waals surface area (Å²) in [5.41, 5.74) is 6.08. The van der Waals surface area contributed by atoms with E-state index in [0.717, 1.165) is 17.0 Å². The molecular weight excluding hydrogens is 292 g/mol. The average Bonchev–Trinajstić information content (AvgIpc) is 2.55. The minimum absolute atomic E-state index is 0.347. The normalized spacial score (nSPS) is 17.9. The van der Waals surface area contributed by atoms with Crippen LogP contribution in [0.1, 0.15) is 23.5 Å². The zero-order valence-corrected chi connectivity index (χ0v) is 13.1. The Kier molecular flexibility index (Phi) is 3.20. The molecule has 4 rings (SSSR count). The van der Waals surface area contributed by atoms with Crippen molar-refractivity contribution in [1.29, 1.82) is 0 Å². The van der Waals surface area contributed by atoms with E-state index in [1.54, 1.807) is 0 Å². The third-order valence-corrected chi connectivity index (χ3v) is 4.70. The fourth-order valence-electron chi connectivity index (χ4n) is 3.11. The molecule has 110 valence electrons. The molecule has 0 saturated heterocycles. The van der Waals surface area contributed by atoms with Crippen molar-refractivity contribution in [2.75, 3.05) is 0 Å². The van der Waals surface area contributed by atoms with E-state index >= 15 is 0 Å². The van der Waals surface area contributed by atoms with Gasteiger partial charge in [-0.1, -0.05) is 60.2 Å². The van der Waals surface area contributed by atoms with Crippen molar-refractivity contribution < 1.29 is 0 Å². The Morgan fingerprint density at radius 2 is 2.00 bits per heavy atom. The van der Waals surface area contributed by atoms with Crippen molar-refractivity contribution in [2.45, 2.75) is 12.3 Å². The van der Waals surface area contributed by atoms with Crippen LogP contribution in [0.3, 0.4) is 0 Å². The van der Waals surface area contributed by atoms with Crippen molar-refractivity contribution in [1.82, 2.24) is 9.78 Å². The Balaban J connectivity index is 1.63. The summed E-state index contributed by atoms with van der Waals surface area (Å²) in [7, 11) is 2.02. The number of benzene rings is 2. The molecule has 0 radical (unpaired) electrons. The van der Waals surface area contributed by atoms with Gasteiger partial charge in [0, 0.05) is 18.0 Å². The number of rotatable bonds is 2. The zero-order chi connectivity index (χ0) is 15.1. The molecule has 3 aromatic rings. The monoisotopic (exact) mass is 308 g/mol. The highest BCUT2D eigenvalue weighted by Gasteiger charge is 2.17. The fraction of sp³-hybridized carbons (Fsp3) is 0.158. The number of nitrogens with one attached hydrogen (secondary N) is 1. The molecule has 1 aliphatic carbocycles. The highest BCUT2D eigenvalue weighted by Crippen LogP contribution is 2.36. The second-order valence-corrected chi connectivity index (χ2v) is 6.20. The predicted octanol–water partition coefficient (Wildman–Crippen LogP) is 5.29. The lowest BCUT2D eigenvalue weighted by Gasteiger charge is -2.21. The van der Waals surface area contributed by atoms with E-state index in [4.69, 9.17) is 11.6 Å². The van der Waals surface area contributed by atoms with E-state index in [-0.39, 0.29) is 0 Å². The molecule has 1 unspecified atom stereocenters. The van der Waals surface area contributed by atoms with Crippen LogP contribution in [0.25, 0.3) is 16.6 Å². The number of hydrogen-bond acceptors (Lipinski definition) is 0. The third kappa shape index (κ3) is 2.20. The summed E-state index contributed by atoms with van der Waals surface area (Å²) >= 11 is 6.46. The van der Waals surface area contributed by atoms with Gasteiger partial charge in [0.05, 0.1) is 11.0 Å². The van der Waals surface area contributed by atoms with Gasteiger partial charge in [-0.3, -0.25) is 9.78 Å². The predicted molar refractivity (Wildman–Crippen MR) is 93.2 cm³/mol. The smallest absolute Gasteiger partial charge is 0.0822 e. The number of halogens is 1. The van der Waals surface area contributed by atoms with Gasteiger partial charge in [-0.15, -0.1) is 0 Å². The first-order valence-corrected chi connectivity index (χ1v) is 7.88. The van der Waals surface area contributed by atoms with Gasteiger partial charge in [0.15, 0.2) is 0 Å². The van der Waals surface area contributed by atoms with Crippen molar-refractivity contribution in [3.8, 4) is 0 Å². The minimum Gasteiger partial charge on any atom is -0.296 e. The standard InChI is InChI=1S/C19H17ClN2/c1-22-19-11-16(17(20)12-18(19)21-22)15-9-7-14(8-10-15)13-5-3-2-4-6-13/h2-9,11-12,15,21H,10H2,1H3. The molecule has 2 aromatic carbocycles. The number of aromatic nitrogens is 2. The van der Waals surface area contributed by atoms with Gasteiger partial charge in [0.1, 0.15) is 0 Å². The molecule has 1 N–H and O–H groups in total. The lowest BCUT2D eigenvalue weighted by atomic mass is 9.88. The van der Waals surface area contributed by atoms with Crippen LogP contribution < -0.4 is 0 Å². The molecule has 0 aliphatic heterocycles. The number of aryl methyl sites for hydroxylation is 1. The van der Waals surface area contributed by atoms with Crippen LogP contribution in [0.15, 0.2) is 60.7 Å². The molecule has 1 atom stereocenters. The van der Waals surface area contributed by atoms with E-state index in [1.165, 1.54) is 22.2 Å². The summed E-state index contributed by atoms with van der Waals surface area (Å²) in [4.78, 5) is 0. The topological polar surface area (TPSA) is 20.7 Å². The highest BCUT2D eigenvalue weighted by atomic mass is 35.5. The molecule has 0 spiro atoms. The second kappa shape index (κ2) is 5.22. The SMILES string of the molecule is Cn1[nH]c2cc(Cl)c(C3C=CC(c4ccccc4)=CC3)cc21. The molecule has 0 saturated carbocycles. The number of H-pyrrole nitrogens is 1. The minimum atomic E-state index is 0.347. The van der Waals surface area contributed by atoms with Crippen LogP contribution in [0.4, 0.5) is 0 Å². The van der Waals surface area contributed by atoms with E-state index in [2.05, 4.69) is 53.7 Å². The second-order valence-electron chi connectivity index (χ2n) is 5.79. The van der Waals surface area contributed by atoms with Gasteiger partial charge in [-0.25, -0.2) is 0 Å². The number of allylic oxidation sites excluding steroid dienone is 4. The molecular formula is C19H17ClN2. The first kappa shape index (κ1) is 13.5. The lowest BCUT2D eigenvalue weighted by Crippen LogP contribution is -2.07. The zero-order valence-electron chi connectivity index (χ0n) is 12.4. The molecule has 0 amide bonds. The molecule has 2 nitrogen and oxygen atoms in total. The molecule has 22 heavy (non-hydrogen) atoms. The maximum absolute atomic E-state index is 6.46. The Morgan fingerprint density at radius 3 is 2.68 bits per heavy atom. The van der Waals surface area contributed by atoms with Gasteiger partial charge >= 0.3 is 0 Å². The van der Waals surface area contributed by atoms with Crippen LogP contribution in [0.2, 0.25) is 5.02 Å². The fourth-order valence-corrected chi connectivity index (χ4v) is 3.42. The summed E-state index contributed by atoms with van der Waals surface area (Å²) in [6.07, 6.45) is 7.76. The van der Waals surface area contributed by atoms with E-state index in [9.17, 15) is 0 Å². The third-order valence-electron chi connectivity index (χ3n) is 4.37. The van der Waals surface area contributed by atoms with Crippen molar-refractivity contribution in [3.63, 3.8) is 0 Å². The van der Waals surface area contributed by atoms with Crippen molar-refractivity contribution in [3.05, 3.63) is 76.8 Å².